The Morgan fingerprint density at radius 1 is 0.303 bits per heavy atom. The van der Waals surface area contributed by atoms with Crippen molar-refractivity contribution in [3.8, 4) is 115 Å². The fraction of sp³-hybridized carbons (Fsp3) is 0.360. The summed E-state index contributed by atoms with van der Waals surface area (Å²) in [6.07, 6.45) is 1.04. The summed E-state index contributed by atoms with van der Waals surface area (Å²) < 4.78 is 72.5. The van der Waals surface area contributed by atoms with Gasteiger partial charge in [-0.2, -0.15) is 0 Å². The molecular formula is C100H110O32. The fourth-order valence-electron chi connectivity index (χ4n) is 18.2. The number of ether oxygens (including phenoxy) is 14. The first-order chi connectivity index (χ1) is 63.5. The van der Waals surface area contributed by atoms with Crippen LogP contribution in [-0.2, 0) is 76.7 Å². The van der Waals surface area contributed by atoms with E-state index >= 15 is 0 Å². The predicted molar refractivity (Wildman–Crippen MR) is 475 cm³/mol. The molecular weight excluding hydrogens is 1710 g/mol. The van der Waals surface area contributed by atoms with E-state index < -0.39 is 35.9 Å². The minimum atomic E-state index is -0.963. The number of aromatic hydroxyl groups is 10. The molecule has 4 heterocycles. The zero-order valence-electron chi connectivity index (χ0n) is 74.3. The molecule has 32 heteroatoms. The highest BCUT2D eigenvalue weighted by atomic mass is 16.6. The van der Waals surface area contributed by atoms with Crippen molar-refractivity contribution in [1.29, 1.82) is 0 Å². The molecule has 32 nitrogen and oxygen atoms in total. The van der Waals surface area contributed by atoms with Crippen molar-refractivity contribution < 1.29 is 157 Å². The normalized spacial score (nSPS) is 21.0. The van der Waals surface area contributed by atoms with Crippen molar-refractivity contribution in [2.75, 3.05) is 111 Å². The van der Waals surface area contributed by atoms with E-state index in [1.165, 1.54) is 95.4 Å². The molecule has 14 atom stereocenters. The van der Waals surface area contributed by atoms with Crippen LogP contribution in [0.15, 0.2) is 170 Å². The molecule has 0 spiro atoms. The SMILES string of the molecule is COc1cc(C2c3cc(O)c(OC)cc3CC(CO)C2CO)ccc1O.COc1cc(C2c3cc(O)c(OC)cc3CC3C(=O)OCC32)ccc1O.COc1cc(CC2C(=O)OCC2C(O)c2ccc(O)c(OC)c2)ccc1O.COc1cc(CC2C(=O)OCC2C(O)c2ccc(O)c(OC)c2)ccc1O.COc1cc(CC2COC(=O)C2Cc2ccc(O)c(OC)c2)ccc1O. The molecule has 4 saturated heterocycles. The van der Waals surface area contributed by atoms with Crippen LogP contribution in [0.3, 0.4) is 0 Å². The first-order valence-electron chi connectivity index (χ1n) is 42.4. The molecule has 4 fully saturated rings. The van der Waals surface area contributed by atoms with Gasteiger partial charge in [0.15, 0.2) is 115 Å². The fourth-order valence-corrected chi connectivity index (χ4v) is 18.2. The van der Waals surface area contributed by atoms with Crippen LogP contribution < -0.4 is 47.4 Å². The number of cyclic esters (lactones) is 4. The molecule has 14 N–H and O–H groups in total. The molecule has 10 aromatic carbocycles. The van der Waals surface area contributed by atoms with Gasteiger partial charge in [0.1, 0.15) is 0 Å². The average molecular weight is 1820 g/mol. The quantitative estimate of drug-likeness (QED) is 0.0177. The lowest BCUT2D eigenvalue weighted by Gasteiger charge is -2.38. The van der Waals surface area contributed by atoms with Gasteiger partial charge in [0.25, 0.3) is 0 Å². The lowest BCUT2D eigenvalue weighted by molar-refractivity contribution is -0.142. The van der Waals surface area contributed by atoms with Gasteiger partial charge in [-0.25, -0.2) is 0 Å². The molecule has 132 heavy (non-hydrogen) atoms. The van der Waals surface area contributed by atoms with Crippen LogP contribution >= 0.6 is 0 Å². The number of hydrogen-bond acceptors (Lipinski definition) is 32. The van der Waals surface area contributed by atoms with E-state index in [-0.39, 0.29) is 167 Å². The van der Waals surface area contributed by atoms with Gasteiger partial charge in [0.05, 0.1) is 133 Å². The van der Waals surface area contributed by atoms with Crippen LogP contribution in [0.25, 0.3) is 0 Å². The summed E-state index contributed by atoms with van der Waals surface area (Å²) in [4.78, 5) is 48.9. The van der Waals surface area contributed by atoms with Crippen molar-refractivity contribution in [1.82, 2.24) is 0 Å². The van der Waals surface area contributed by atoms with E-state index in [1.54, 1.807) is 133 Å². The van der Waals surface area contributed by atoms with E-state index in [4.69, 9.17) is 66.3 Å². The standard InChI is InChI=1S/2C20H22O7.C20H20O6.C20H22O6.C20H24O6/c2*1-25-17-8-11(3-5-15(17)21)7-13-14(10-27-20(13)24)19(23)12-4-6-16(22)18(9-12)26-2;1-24-17-6-10(3-4-15(17)21)19-12-8-16(22)18(25-2)7-11(12)5-13-14(19)9-26-20(13)23;1-24-18-9-12(3-5-16(18)21)7-14-11-26-20(23)15(14)8-13-4-6-17(22)19(10-13)25-2;1-25-18-6-11(3-4-16(18)23)20-14-8-17(24)19(26-2)7-12(14)5-13(9-21)15(20)10-22/h2*3-6,8-9,13-14,19,21-23H,7,10H2,1-2H3;3-4,6-8,13-14,19,21-22H,5,9H2,1-2H3;3-6,9-10,14-15,21-22H,7-8,11H2,1-2H3;3-4,6-8,13,15,20-24H,5,9-10H2,1-2H3. The molecule has 2 aliphatic carbocycles. The number of benzene rings is 10. The van der Waals surface area contributed by atoms with Gasteiger partial charge < -0.3 is 138 Å². The number of aliphatic hydroxyl groups excluding tert-OH is 4. The van der Waals surface area contributed by atoms with Gasteiger partial charge in [-0.15, -0.1) is 0 Å². The van der Waals surface area contributed by atoms with Crippen molar-refractivity contribution in [2.24, 2.45) is 59.2 Å². The van der Waals surface area contributed by atoms with E-state index in [2.05, 4.69) is 0 Å². The van der Waals surface area contributed by atoms with Crippen LogP contribution in [-0.4, -0.2) is 206 Å². The third-order valence-corrected chi connectivity index (χ3v) is 25.3. The molecule has 0 bridgehead atoms. The summed E-state index contributed by atoms with van der Waals surface area (Å²) in [6.45, 7) is 0.739. The number of fused-ring (bicyclic) bond motifs is 3. The molecule has 4 aliphatic heterocycles. The number of carbonyl (C=O) groups excluding carboxylic acids is 4. The molecule has 16 rings (SSSR count). The van der Waals surface area contributed by atoms with E-state index in [0.717, 1.165) is 55.6 Å². The molecule has 10 aromatic rings. The largest absolute Gasteiger partial charge is 0.504 e. The Balaban J connectivity index is 0.000000149. The second kappa shape index (κ2) is 43.6. The highest BCUT2D eigenvalue weighted by Crippen LogP contribution is 2.53. The maximum Gasteiger partial charge on any atom is 0.309 e. The number of rotatable bonds is 26. The Morgan fingerprint density at radius 2 is 0.614 bits per heavy atom. The summed E-state index contributed by atoms with van der Waals surface area (Å²) in [7, 11) is 14.7. The maximum atomic E-state index is 12.2. The molecule has 0 radical (unpaired) electrons. The third kappa shape index (κ3) is 21.6. The topological polar surface area (TPSA) is 481 Å². The summed E-state index contributed by atoms with van der Waals surface area (Å²) in [6, 6.07) is 46.3. The Bertz CT molecular complexity index is 5590. The van der Waals surface area contributed by atoms with Crippen molar-refractivity contribution in [3.05, 3.63) is 237 Å². The van der Waals surface area contributed by atoms with E-state index in [1.807, 2.05) is 12.1 Å². The number of phenolic OH excluding ortho intramolecular Hbond substituents is 10. The molecule has 14 unspecified atom stereocenters. The van der Waals surface area contributed by atoms with Crippen molar-refractivity contribution >= 4 is 23.9 Å². The first kappa shape index (κ1) is 97.0. The minimum Gasteiger partial charge on any atom is -0.504 e. The average Bonchev–Trinajstić information content (AvgIpc) is 1.33. The Kier molecular flexibility index (Phi) is 32.0. The smallest absolute Gasteiger partial charge is 0.309 e. The number of esters is 4. The van der Waals surface area contributed by atoms with Gasteiger partial charge >= 0.3 is 23.9 Å². The van der Waals surface area contributed by atoms with E-state index in [0.29, 0.717) is 109 Å². The zero-order valence-corrected chi connectivity index (χ0v) is 74.3. The number of hydrogen-bond donors (Lipinski definition) is 14. The molecule has 0 amide bonds. The summed E-state index contributed by atoms with van der Waals surface area (Å²) in [5, 5.41) is 140. The van der Waals surface area contributed by atoms with Crippen LogP contribution in [0, 0.1) is 59.2 Å². The van der Waals surface area contributed by atoms with Gasteiger partial charge in [-0.05, 0) is 238 Å². The van der Waals surface area contributed by atoms with Gasteiger partial charge in [0.2, 0.25) is 0 Å². The third-order valence-electron chi connectivity index (χ3n) is 25.3. The van der Waals surface area contributed by atoms with Gasteiger partial charge in [-0.3, -0.25) is 19.2 Å². The Labute approximate surface area is 761 Å². The Hall–Kier alpha value is -14.1. The summed E-state index contributed by atoms with van der Waals surface area (Å²) in [5.74, 6) is -0.741. The minimum absolute atomic E-state index is 0.0167. The second-order valence-electron chi connectivity index (χ2n) is 32.8. The Morgan fingerprint density at radius 3 is 1.00 bits per heavy atom. The van der Waals surface area contributed by atoms with E-state index in [9.17, 15) is 90.7 Å². The molecule has 702 valence electrons. The monoisotopic (exact) mass is 1820 g/mol. The van der Waals surface area contributed by atoms with Gasteiger partial charge in [0, 0.05) is 48.7 Å². The molecule has 0 saturated carbocycles. The van der Waals surface area contributed by atoms with Crippen LogP contribution in [0.4, 0.5) is 0 Å². The number of carbonyl (C=O) groups is 4. The van der Waals surface area contributed by atoms with Crippen molar-refractivity contribution in [3.63, 3.8) is 0 Å². The maximum absolute atomic E-state index is 12.2. The number of aliphatic hydroxyl groups is 4. The van der Waals surface area contributed by atoms with Gasteiger partial charge in [-0.1, -0.05) is 48.5 Å². The lowest BCUT2D eigenvalue weighted by atomic mass is 9.67. The first-order valence-corrected chi connectivity index (χ1v) is 42.4. The highest BCUT2D eigenvalue weighted by Gasteiger charge is 2.49. The predicted octanol–water partition coefficient (Wildman–Crippen LogP) is 11.7. The van der Waals surface area contributed by atoms with Crippen LogP contribution in [0.5, 0.6) is 115 Å². The lowest BCUT2D eigenvalue weighted by Crippen LogP contribution is -2.35. The second-order valence-corrected chi connectivity index (χ2v) is 32.8. The highest BCUT2D eigenvalue weighted by molar-refractivity contribution is 5.78. The summed E-state index contributed by atoms with van der Waals surface area (Å²) in [5.41, 5.74) is 9.97. The van der Waals surface area contributed by atoms with Crippen molar-refractivity contribution in [2.45, 2.75) is 62.6 Å². The summed E-state index contributed by atoms with van der Waals surface area (Å²) >= 11 is 0. The number of phenols is 10. The zero-order chi connectivity index (χ0) is 95.1. The van der Waals surface area contributed by atoms with Crippen LogP contribution in [0.1, 0.15) is 90.8 Å². The molecule has 6 aliphatic rings. The molecule has 0 aromatic heterocycles. The van der Waals surface area contributed by atoms with Crippen LogP contribution in [0.2, 0.25) is 0 Å². The number of methoxy groups -OCH3 is 10.